The van der Waals surface area contributed by atoms with Crippen LogP contribution < -0.4 is 9.47 Å². The van der Waals surface area contributed by atoms with E-state index >= 15 is 0 Å². The zero-order chi connectivity index (χ0) is 22.2. The SMILES string of the molecule is Cc1nn(-c2ccc(F)cc2)c(C)c1CC(=O)N1CCCC1c1ccc2c(c1)OCCO2. The van der Waals surface area contributed by atoms with Gasteiger partial charge in [0.2, 0.25) is 5.91 Å². The van der Waals surface area contributed by atoms with E-state index in [2.05, 4.69) is 5.10 Å². The number of fused-ring (bicyclic) bond motifs is 1. The van der Waals surface area contributed by atoms with Gasteiger partial charge in [-0.15, -0.1) is 0 Å². The van der Waals surface area contributed by atoms with Gasteiger partial charge in [-0.2, -0.15) is 5.10 Å². The lowest BCUT2D eigenvalue weighted by Gasteiger charge is -2.27. The number of amides is 1. The Hall–Kier alpha value is -3.35. The Morgan fingerprint density at radius 2 is 1.84 bits per heavy atom. The summed E-state index contributed by atoms with van der Waals surface area (Å²) >= 11 is 0. The van der Waals surface area contributed by atoms with E-state index < -0.39 is 0 Å². The van der Waals surface area contributed by atoms with Crippen LogP contribution in [-0.2, 0) is 11.2 Å². The average molecular weight is 435 g/mol. The molecular formula is C25H26FN3O3. The number of ether oxygens (including phenoxy) is 2. The minimum absolute atomic E-state index is 0.0334. The summed E-state index contributed by atoms with van der Waals surface area (Å²) in [6.07, 6.45) is 2.19. The van der Waals surface area contributed by atoms with Crippen LogP contribution in [0.5, 0.6) is 11.5 Å². The molecule has 32 heavy (non-hydrogen) atoms. The molecule has 1 amide bonds. The number of likely N-dealkylation sites (tertiary alicyclic amines) is 1. The number of aryl methyl sites for hydroxylation is 1. The van der Waals surface area contributed by atoms with E-state index in [1.165, 1.54) is 12.1 Å². The van der Waals surface area contributed by atoms with Crippen LogP contribution in [0.1, 0.15) is 41.4 Å². The molecule has 2 aromatic carbocycles. The molecule has 0 bridgehead atoms. The van der Waals surface area contributed by atoms with Crippen LogP contribution in [0.2, 0.25) is 0 Å². The molecule has 3 aromatic rings. The van der Waals surface area contributed by atoms with Crippen LogP contribution in [-0.4, -0.2) is 40.3 Å². The maximum atomic E-state index is 13.4. The van der Waals surface area contributed by atoms with Crippen LogP contribution in [0.3, 0.4) is 0 Å². The number of rotatable bonds is 4. The Morgan fingerprint density at radius 1 is 1.09 bits per heavy atom. The van der Waals surface area contributed by atoms with Gasteiger partial charge in [-0.05, 0) is 68.7 Å². The van der Waals surface area contributed by atoms with Crippen molar-refractivity contribution in [2.75, 3.05) is 19.8 Å². The topological polar surface area (TPSA) is 56.6 Å². The van der Waals surface area contributed by atoms with E-state index in [1.807, 2.05) is 36.9 Å². The average Bonchev–Trinajstić information content (AvgIpc) is 3.40. The van der Waals surface area contributed by atoms with E-state index in [1.54, 1.807) is 16.8 Å². The van der Waals surface area contributed by atoms with Gasteiger partial charge in [0.05, 0.1) is 23.8 Å². The van der Waals surface area contributed by atoms with Crippen LogP contribution in [0.4, 0.5) is 4.39 Å². The van der Waals surface area contributed by atoms with E-state index in [0.717, 1.165) is 59.1 Å². The Labute approximate surface area is 186 Å². The van der Waals surface area contributed by atoms with Crippen molar-refractivity contribution in [1.82, 2.24) is 14.7 Å². The number of hydrogen-bond acceptors (Lipinski definition) is 4. The molecule has 5 rings (SSSR count). The molecule has 6 nitrogen and oxygen atoms in total. The van der Waals surface area contributed by atoms with E-state index in [0.29, 0.717) is 19.6 Å². The van der Waals surface area contributed by atoms with Crippen molar-refractivity contribution >= 4 is 5.91 Å². The highest BCUT2D eigenvalue weighted by Gasteiger charge is 2.31. The van der Waals surface area contributed by atoms with Crippen LogP contribution >= 0.6 is 0 Å². The number of carbonyl (C=O) groups is 1. The summed E-state index contributed by atoms with van der Waals surface area (Å²) in [5, 5.41) is 4.61. The van der Waals surface area contributed by atoms with Gasteiger partial charge in [0, 0.05) is 17.8 Å². The molecule has 0 saturated carbocycles. The number of carbonyl (C=O) groups excluding carboxylic acids is 1. The van der Waals surface area contributed by atoms with Crippen molar-refractivity contribution in [1.29, 1.82) is 0 Å². The maximum Gasteiger partial charge on any atom is 0.227 e. The van der Waals surface area contributed by atoms with Gasteiger partial charge >= 0.3 is 0 Å². The van der Waals surface area contributed by atoms with Gasteiger partial charge in [0.15, 0.2) is 11.5 Å². The molecule has 2 aliphatic rings. The van der Waals surface area contributed by atoms with Gasteiger partial charge in [0.25, 0.3) is 0 Å². The summed E-state index contributed by atoms with van der Waals surface area (Å²) in [7, 11) is 0. The number of nitrogens with zero attached hydrogens (tertiary/aromatic N) is 3. The minimum atomic E-state index is -0.287. The fraction of sp³-hybridized carbons (Fsp3) is 0.360. The summed E-state index contributed by atoms with van der Waals surface area (Å²) in [4.78, 5) is 15.3. The molecule has 0 radical (unpaired) electrons. The van der Waals surface area contributed by atoms with Gasteiger partial charge < -0.3 is 14.4 Å². The quantitative estimate of drug-likeness (QED) is 0.613. The highest BCUT2D eigenvalue weighted by atomic mass is 19.1. The van der Waals surface area contributed by atoms with Crippen molar-refractivity contribution < 1.29 is 18.7 Å². The lowest BCUT2D eigenvalue weighted by molar-refractivity contribution is -0.131. The van der Waals surface area contributed by atoms with Crippen LogP contribution in [0, 0.1) is 19.7 Å². The Kier molecular flexibility index (Phi) is 5.33. The number of benzene rings is 2. The van der Waals surface area contributed by atoms with E-state index in [-0.39, 0.29) is 17.8 Å². The first-order chi connectivity index (χ1) is 15.5. The van der Waals surface area contributed by atoms with Gasteiger partial charge in [0.1, 0.15) is 19.0 Å². The zero-order valence-corrected chi connectivity index (χ0v) is 18.3. The van der Waals surface area contributed by atoms with Crippen molar-refractivity contribution in [3.8, 4) is 17.2 Å². The highest BCUT2D eigenvalue weighted by molar-refractivity contribution is 5.80. The first-order valence-electron chi connectivity index (χ1n) is 11.0. The van der Waals surface area contributed by atoms with Crippen LogP contribution in [0.25, 0.3) is 5.69 Å². The first kappa shape index (κ1) is 20.5. The van der Waals surface area contributed by atoms with Crippen molar-refractivity contribution in [3.05, 3.63) is 70.8 Å². The Balaban J connectivity index is 1.37. The van der Waals surface area contributed by atoms with Crippen molar-refractivity contribution in [2.45, 2.75) is 39.2 Å². The second kappa shape index (κ2) is 8.30. The standard InChI is InChI=1S/C25H26FN3O3/c1-16-21(17(2)29(27-16)20-8-6-19(26)7-9-20)15-25(30)28-11-3-4-22(28)18-5-10-23-24(14-18)32-13-12-31-23/h5-10,14,22H,3-4,11-13,15H2,1-2H3. The van der Waals surface area contributed by atoms with E-state index in [4.69, 9.17) is 9.47 Å². The molecule has 3 heterocycles. The molecular weight excluding hydrogens is 409 g/mol. The van der Waals surface area contributed by atoms with Gasteiger partial charge in [-0.3, -0.25) is 4.79 Å². The molecule has 0 spiro atoms. The molecule has 1 fully saturated rings. The van der Waals surface area contributed by atoms with Crippen LogP contribution in [0.15, 0.2) is 42.5 Å². The summed E-state index contributed by atoms with van der Waals surface area (Å²) in [5.74, 6) is 1.31. The normalized spacial score (nSPS) is 17.6. The lowest BCUT2D eigenvalue weighted by Crippen LogP contribution is -2.32. The smallest absolute Gasteiger partial charge is 0.227 e. The maximum absolute atomic E-state index is 13.4. The van der Waals surface area contributed by atoms with Crippen molar-refractivity contribution in [3.63, 3.8) is 0 Å². The fourth-order valence-corrected chi connectivity index (χ4v) is 4.70. The van der Waals surface area contributed by atoms with Gasteiger partial charge in [-0.1, -0.05) is 6.07 Å². The molecule has 0 N–H and O–H groups in total. The van der Waals surface area contributed by atoms with Crippen molar-refractivity contribution in [2.24, 2.45) is 0 Å². The Morgan fingerprint density at radius 3 is 2.62 bits per heavy atom. The molecule has 0 aliphatic carbocycles. The largest absolute Gasteiger partial charge is 0.486 e. The molecule has 2 aliphatic heterocycles. The summed E-state index contributed by atoms with van der Waals surface area (Å²) in [5.41, 5.74) is 4.50. The predicted octanol–water partition coefficient (Wildman–Crippen LogP) is 4.31. The summed E-state index contributed by atoms with van der Waals surface area (Å²) in [6, 6.07) is 12.2. The molecule has 1 atom stereocenters. The third-order valence-electron chi connectivity index (χ3n) is 6.36. The second-order valence-corrected chi connectivity index (χ2v) is 8.36. The van der Waals surface area contributed by atoms with E-state index in [9.17, 15) is 9.18 Å². The fourth-order valence-electron chi connectivity index (χ4n) is 4.70. The predicted molar refractivity (Wildman–Crippen MR) is 118 cm³/mol. The minimum Gasteiger partial charge on any atom is -0.486 e. The molecule has 1 unspecified atom stereocenters. The zero-order valence-electron chi connectivity index (χ0n) is 18.3. The second-order valence-electron chi connectivity index (χ2n) is 8.36. The summed E-state index contributed by atoms with van der Waals surface area (Å²) < 4.78 is 26.5. The molecule has 1 aromatic heterocycles. The first-order valence-corrected chi connectivity index (χ1v) is 11.0. The number of hydrogen-bond donors (Lipinski definition) is 0. The van der Waals surface area contributed by atoms with Gasteiger partial charge in [-0.25, -0.2) is 9.07 Å². The molecule has 7 heteroatoms. The monoisotopic (exact) mass is 435 g/mol. The third kappa shape index (κ3) is 3.72. The summed E-state index contributed by atoms with van der Waals surface area (Å²) in [6.45, 7) is 5.71. The highest BCUT2D eigenvalue weighted by Crippen LogP contribution is 2.38. The molecule has 166 valence electrons. The number of halogens is 1. The molecule has 1 saturated heterocycles. The third-order valence-corrected chi connectivity index (χ3v) is 6.36. The lowest BCUT2D eigenvalue weighted by atomic mass is 10.0. The number of aromatic nitrogens is 2. The Bertz CT molecular complexity index is 1160.